The maximum atomic E-state index is 12.9. The molecule has 3 heteroatoms. The maximum absolute atomic E-state index is 12.9. The SMILES string of the molecule is COc1cc(C)ccc1C(=O)C1CC(C)(C)OC1(C)C. The summed E-state index contributed by atoms with van der Waals surface area (Å²) in [5.41, 5.74) is 1.02. The van der Waals surface area contributed by atoms with Gasteiger partial charge in [0.15, 0.2) is 5.78 Å². The molecule has 1 fully saturated rings. The van der Waals surface area contributed by atoms with Crippen LogP contribution in [0.15, 0.2) is 18.2 Å². The Labute approximate surface area is 121 Å². The average Bonchev–Trinajstić information content (AvgIpc) is 2.56. The third-order valence-corrected chi connectivity index (χ3v) is 4.01. The van der Waals surface area contributed by atoms with Crippen LogP contribution in [-0.4, -0.2) is 24.1 Å². The molecule has 20 heavy (non-hydrogen) atoms. The number of hydrogen-bond donors (Lipinski definition) is 0. The molecule has 1 aromatic carbocycles. The topological polar surface area (TPSA) is 35.5 Å². The molecule has 1 aliphatic rings. The molecule has 0 spiro atoms. The lowest BCUT2D eigenvalue weighted by molar-refractivity contribution is -0.0712. The molecular weight excluding hydrogens is 252 g/mol. The van der Waals surface area contributed by atoms with E-state index in [4.69, 9.17) is 9.47 Å². The molecule has 3 nitrogen and oxygen atoms in total. The first kappa shape index (κ1) is 15.0. The van der Waals surface area contributed by atoms with E-state index in [0.29, 0.717) is 11.3 Å². The molecule has 1 unspecified atom stereocenters. The summed E-state index contributed by atoms with van der Waals surface area (Å²) >= 11 is 0. The summed E-state index contributed by atoms with van der Waals surface area (Å²) in [6.07, 6.45) is 0.732. The second kappa shape index (κ2) is 4.88. The number of ether oxygens (including phenoxy) is 2. The van der Waals surface area contributed by atoms with Crippen molar-refractivity contribution < 1.29 is 14.3 Å². The zero-order valence-electron chi connectivity index (χ0n) is 13.2. The number of methoxy groups -OCH3 is 1. The minimum Gasteiger partial charge on any atom is -0.496 e. The number of rotatable bonds is 3. The van der Waals surface area contributed by atoms with Gasteiger partial charge in [0.05, 0.1) is 29.8 Å². The van der Waals surface area contributed by atoms with Gasteiger partial charge >= 0.3 is 0 Å². The summed E-state index contributed by atoms with van der Waals surface area (Å²) in [6, 6.07) is 5.71. The number of Topliss-reactive ketones (excluding diaryl/α,β-unsaturated/α-hetero) is 1. The van der Waals surface area contributed by atoms with Crippen LogP contribution in [0.25, 0.3) is 0 Å². The Bertz CT molecular complexity index is 529. The number of carbonyl (C=O) groups is 1. The third-order valence-electron chi connectivity index (χ3n) is 4.01. The van der Waals surface area contributed by atoms with Gasteiger partial charge in [-0.25, -0.2) is 0 Å². The Morgan fingerprint density at radius 2 is 1.95 bits per heavy atom. The van der Waals surface area contributed by atoms with Gasteiger partial charge in [-0.15, -0.1) is 0 Å². The highest BCUT2D eigenvalue weighted by molar-refractivity contribution is 6.01. The quantitative estimate of drug-likeness (QED) is 0.788. The average molecular weight is 276 g/mol. The summed E-state index contributed by atoms with van der Waals surface area (Å²) in [5.74, 6) is 0.613. The van der Waals surface area contributed by atoms with Crippen molar-refractivity contribution in [2.24, 2.45) is 5.92 Å². The second-order valence-electron chi connectivity index (χ2n) is 6.79. The molecule has 1 aromatic rings. The predicted octanol–water partition coefficient (Wildman–Crippen LogP) is 3.78. The molecule has 1 heterocycles. The molecule has 1 saturated heterocycles. The fourth-order valence-corrected chi connectivity index (χ4v) is 3.16. The molecule has 0 bridgehead atoms. The molecule has 1 atom stereocenters. The Morgan fingerprint density at radius 1 is 1.30 bits per heavy atom. The van der Waals surface area contributed by atoms with Gasteiger partial charge in [0, 0.05) is 0 Å². The van der Waals surface area contributed by atoms with Gasteiger partial charge in [0.1, 0.15) is 5.75 Å². The molecule has 0 aliphatic carbocycles. The Hall–Kier alpha value is -1.35. The van der Waals surface area contributed by atoms with Crippen LogP contribution < -0.4 is 4.74 Å². The first-order chi connectivity index (χ1) is 9.16. The lowest BCUT2D eigenvalue weighted by atomic mass is 9.81. The highest BCUT2D eigenvalue weighted by Gasteiger charge is 2.49. The number of ketones is 1. The summed E-state index contributed by atoms with van der Waals surface area (Å²) in [6.45, 7) is 10.0. The molecule has 2 rings (SSSR count). The van der Waals surface area contributed by atoms with Gasteiger partial charge in [-0.2, -0.15) is 0 Å². The van der Waals surface area contributed by atoms with Crippen LogP contribution in [-0.2, 0) is 4.74 Å². The highest BCUT2D eigenvalue weighted by Crippen LogP contribution is 2.44. The minimum absolute atomic E-state index is 0.109. The zero-order valence-corrected chi connectivity index (χ0v) is 13.2. The monoisotopic (exact) mass is 276 g/mol. The minimum atomic E-state index is -0.448. The number of hydrogen-bond acceptors (Lipinski definition) is 3. The molecule has 0 radical (unpaired) electrons. The Morgan fingerprint density at radius 3 is 2.45 bits per heavy atom. The normalized spacial score (nSPS) is 23.6. The smallest absolute Gasteiger partial charge is 0.172 e. The maximum Gasteiger partial charge on any atom is 0.172 e. The van der Waals surface area contributed by atoms with E-state index < -0.39 is 5.60 Å². The van der Waals surface area contributed by atoms with Crippen molar-refractivity contribution in [3.05, 3.63) is 29.3 Å². The fraction of sp³-hybridized carbons (Fsp3) is 0.588. The van der Waals surface area contributed by atoms with Gasteiger partial charge in [-0.1, -0.05) is 6.07 Å². The van der Waals surface area contributed by atoms with E-state index in [0.717, 1.165) is 12.0 Å². The lowest BCUT2D eigenvalue weighted by Crippen LogP contribution is -2.34. The van der Waals surface area contributed by atoms with Crippen LogP contribution in [0.3, 0.4) is 0 Å². The molecule has 0 amide bonds. The summed E-state index contributed by atoms with van der Waals surface area (Å²) in [7, 11) is 1.60. The third kappa shape index (κ3) is 2.73. The van der Waals surface area contributed by atoms with Crippen LogP contribution in [0.1, 0.15) is 50.0 Å². The van der Waals surface area contributed by atoms with Crippen molar-refractivity contribution in [2.75, 3.05) is 7.11 Å². The van der Waals surface area contributed by atoms with Crippen molar-refractivity contribution >= 4 is 5.78 Å². The van der Waals surface area contributed by atoms with E-state index in [1.807, 2.05) is 52.8 Å². The van der Waals surface area contributed by atoms with Crippen LogP contribution in [0.4, 0.5) is 0 Å². The van der Waals surface area contributed by atoms with Gasteiger partial charge in [0.2, 0.25) is 0 Å². The van der Waals surface area contributed by atoms with Crippen LogP contribution in [0, 0.1) is 12.8 Å². The van der Waals surface area contributed by atoms with E-state index in [1.54, 1.807) is 7.11 Å². The summed E-state index contributed by atoms with van der Waals surface area (Å²) in [5, 5.41) is 0. The van der Waals surface area contributed by atoms with Crippen LogP contribution >= 0.6 is 0 Å². The van der Waals surface area contributed by atoms with E-state index >= 15 is 0 Å². The van der Waals surface area contributed by atoms with Crippen molar-refractivity contribution in [3.63, 3.8) is 0 Å². The Kier molecular flexibility index (Phi) is 3.67. The van der Waals surface area contributed by atoms with E-state index in [2.05, 4.69) is 0 Å². The zero-order chi connectivity index (χ0) is 15.1. The molecule has 0 saturated carbocycles. The van der Waals surface area contributed by atoms with Gasteiger partial charge in [-0.3, -0.25) is 4.79 Å². The largest absolute Gasteiger partial charge is 0.496 e. The first-order valence-corrected chi connectivity index (χ1v) is 7.05. The Balaban J connectivity index is 2.37. The summed E-state index contributed by atoms with van der Waals surface area (Å²) < 4.78 is 11.4. The second-order valence-corrected chi connectivity index (χ2v) is 6.79. The molecule has 0 aromatic heterocycles. The van der Waals surface area contributed by atoms with E-state index in [9.17, 15) is 4.79 Å². The highest BCUT2D eigenvalue weighted by atomic mass is 16.5. The lowest BCUT2D eigenvalue weighted by Gasteiger charge is -2.27. The van der Waals surface area contributed by atoms with Gasteiger partial charge < -0.3 is 9.47 Å². The first-order valence-electron chi connectivity index (χ1n) is 7.05. The van der Waals surface area contributed by atoms with Crippen molar-refractivity contribution in [2.45, 2.75) is 52.2 Å². The summed E-state index contributed by atoms with van der Waals surface area (Å²) in [4.78, 5) is 12.9. The molecular formula is C17H24O3. The van der Waals surface area contributed by atoms with Crippen molar-refractivity contribution in [3.8, 4) is 5.75 Å². The van der Waals surface area contributed by atoms with Crippen LogP contribution in [0.5, 0.6) is 5.75 Å². The fourth-order valence-electron chi connectivity index (χ4n) is 3.16. The molecule has 0 N–H and O–H groups in total. The van der Waals surface area contributed by atoms with Crippen molar-refractivity contribution in [1.82, 2.24) is 0 Å². The number of aryl methyl sites for hydroxylation is 1. The van der Waals surface area contributed by atoms with E-state index in [1.165, 1.54) is 0 Å². The van der Waals surface area contributed by atoms with Crippen molar-refractivity contribution in [1.29, 1.82) is 0 Å². The van der Waals surface area contributed by atoms with Gasteiger partial charge in [0.25, 0.3) is 0 Å². The van der Waals surface area contributed by atoms with Gasteiger partial charge in [-0.05, 0) is 58.7 Å². The molecule has 1 aliphatic heterocycles. The number of benzene rings is 1. The number of carbonyl (C=O) groups excluding carboxylic acids is 1. The predicted molar refractivity (Wildman–Crippen MR) is 79.4 cm³/mol. The van der Waals surface area contributed by atoms with E-state index in [-0.39, 0.29) is 17.3 Å². The standard InChI is InChI=1S/C17H24O3/c1-11-7-8-12(14(9-11)19-6)15(18)13-10-16(2,3)20-17(13,4)5/h7-9,13H,10H2,1-6H3. The molecule has 110 valence electrons. The van der Waals surface area contributed by atoms with Crippen LogP contribution in [0.2, 0.25) is 0 Å².